The van der Waals surface area contributed by atoms with E-state index in [4.69, 9.17) is 5.73 Å². The minimum atomic E-state index is -0.340. The number of phenolic OH excluding ortho intramolecular Hbond substituents is 1. The number of pyridine rings is 1. The molecule has 1 amide bonds. The number of hydrogen-bond donors (Lipinski definition) is 3. The second-order valence-electron chi connectivity index (χ2n) is 4.40. The first-order valence-electron chi connectivity index (χ1n) is 5.81. The number of rotatable bonds is 2. The zero-order chi connectivity index (χ0) is 14.0. The molecule has 0 saturated carbocycles. The lowest BCUT2D eigenvalue weighted by Crippen LogP contribution is -2.13. The molecule has 1 aromatic carbocycles. The van der Waals surface area contributed by atoms with Gasteiger partial charge in [0.15, 0.2) is 0 Å². The highest BCUT2D eigenvalue weighted by Gasteiger charge is 2.09. The minimum absolute atomic E-state index is 0.110. The van der Waals surface area contributed by atoms with Gasteiger partial charge in [0.1, 0.15) is 11.6 Å². The van der Waals surface area contributed by atoms with Crippen LogP contribution in [-0.2, 0) is 0 Å². The highest BCUT2D eigenvalue weighted by Crippen LogP contribution is 2.21. The molecule has 5 heteroatoms. The number of hydrogen-bond acceptors (Lipinski definition) is 4. The zero-order valence-electron chi connectivity index (χ0n) is 10.8. The molecule has 0 spiro atoms. The van der Waals surface area contributed by atoms with E-state index in [1.807, 2.05) is 19.9 Å². The van der Waals surface area contributed by atoms with Crippen molar-refractivity contribution in [3.63, 3.8) is 0 Å². The number of nitrogens with two attached hydrogens (primary N) is 1. The standard InChI is InChI=1S/C14H15N3O2/c1-8-5-9(2)16-13(6-8)17-14(19)10-3-4-11(15)12(18)7-10/h3-7,18H,15H2,1-2H3,(H,16,17,19). The van der Waals surface area contributed by atoms with Gasteiger partial charge < -0.3 is 16.2 Å². The Hall–Kier alpha value is -2.56. The Labute approximate surface area is 111 Å². The number of nitrogen functional groups attached to an aromatic ring is 1. The van der Waals surface area contributed by atoms with Crippen molar-refractivity contribution in [2.24, 2.45) is 0 Å². The van der Waals surface area contributed by atoms with Crippen LogP contribution < -0.4 is 11.1 Å². The van der Waals surface area contributed by atoms with Crippen molar-refractivity contribution in [2.45, 2.75) is 13.8 Å². The molecule has 0 atom stereocenters. The number of carbonyl (C=O) groups is 1. The molecule has 5 nitrogen and oxygen atoms in total. The summed E-state index contributed by atoms with van der Waals surface area (Å²) in [6.07, 6.45) is 0. The molecule has 0 saturated heterocycles. The summed E-state index contributed by atoms with van der Waals surface area (Å²) >= 11 is 0. The first-order valence-corrected chi connectivity index (χ1v) is 5.81. The Morgan fingerprint density at radius 3 is 2.63 bits per heavy atom. The third-order valence-corrected chi connectivity index (χ3v) is 2.63. The van der Waals surface area contributed by atoms with Crippen molar-refractivity contribution in [2.75, 3.05) is 11.1 Å². The van der Waals surface area contributed by atoms with E-state index in [0.717, 1.165) is 11.3 Å². The fourth-order valence-electron chi connectivity index (χ4n) is 1.78. The molecule has 0 radical (unpaired) electrons. The van der Waals surface area contributed by atoms with Crippen LogP contribution in [0.3, 0.4) is 0 Å². The first kappa shape index (κ1) is 12.9. The summed E-state index contributed by atoms with van der Waals surface area (Å²) < 4.78 is 0. The topological polar surface area (TPSA) is 88.2 Å². The molecular weight excluding hydrogens is 242 g/mol. The number of nitrogens with one attached hydrogen (secondary N) is 1. The Morgan fingerprint density at radius 1 is 1.26 bits per heavy atom. The molecule has 2 rings (SSSR count). The quantitative estimate of drug-likeness (QED) is 0.568. The SMILES string of the molecule is Cc1cc(C)nc(NC(=O)c2ccc(N)c(O)c2)c1. The van der Waals surface area contributed by atoms with Gasteiger partial charge in [0.05, 0.1) is 5.69 Å². The van der Waals surface area contributed by atoms with E-state index < -0.39 is 0 Å². The van der Waals surface area contributed by atoms with E-state index in [1.54, 1.807) is 12.1 Å². The summed E-state index contributed by atoms with van der Waals surface area (Å²) in [5, 5.41) is 12.2. The fourth-order valence-corrected chi connectivity index (χ4v) is 1.78. The number of amides is 1. The molecule has 0 unspecified atom stereocenters. The van der Waals surface area contributed by atoms with Crippen LogP contribution in [0.4, 0.5) is 11.5 Å². The van der Waals surface area contributed by atoms with E-state index in [2.05, 4.69) is 10.3 Å². The summed E-state index contributed by atoms with van der Waals surface area (Å²) in [5.74, 6) is 0.0349. The van der Waals surface area contributed by atoms with Crippen LogP contribution in [0.1, 0.15) is 21.6 Å². The number of benzene rings is 1. The summed E-state index contributed by atoms with van der Waals surface area (Å²) in [6, 6.07) is 8.06. The number of aromatic hydroxyl groups is 1. The number of aryl methyl sites for hydroxylation is 2. The van der Waals surface area contributed by atoms with Crippen molar-refractivity contribution in [1.29, 1.82) is 0 Å². The monoisotopic (exact) mass is 257 g/mol. The van der Waals surface area contributed by atoms with E-state index >= 15 is 0 Å². The van der Waals surface area contributed by atoms with Gasteiger partial charge in [-0.15, -0.1) is 0 Å². The van der Waals surface area contributed by atoms with Crippen LogP contribution in [0.2, 0.25) is 0 Å². The average Bonchev–Trinajstić information content (AvgIpc) is 2.31. The van der Waals surface area contributed by atoms with Crippen LogP contribution in [0.25, 0.3) is 0 Å². The smallest absolute Gasteiger partial charge is 0.256 e. The molecule has 0 bridgehead atoms. The van der Waals surface area contributed by atoms with E-state index in [9.17, 15) is 9.90 Å². The summed E-state index contributed by atoms with van der Waals surface area (Å²) in [7, 11) is 0. The highest BCUT2D eigenvalue weighted by molar-refractivity contribution is 6.04. The van der Waals surface area contributed by atoms with Crippen molar-refractivity contribution in [3.8, 4) is 5.75 Å². The van der Waals surface area contributed by atoms with E-state index in [1.165, 1.54) is 12.1 Å². The van der Waals surface area contributed by atoms with Gasteiger partial charge in [-0.25, -0.2) is 4.98 Å². The van der Waals surface area contributed by atoms with Crippen LogP contribution >= 0.6 is 0 Å². The van der Waals surface area contributed by atoms with Crippen LogP contribution in [0, 0.1) is 13.8 Å². The van der Waals surface area contributed by atoms with Gasteiger partial charge in [0.2, 0.25) is 0 Å². The first-order chi connectivity index (χ1) is 8.95. The van der Waals surface area contributed by atoms with Crippen molar-refractivity contribution in [1.82, 2.24) is 4.98 Å². The van der Waals surface area contributed by atoms with Gasteiger partial charge in [-0.1, -0.05) is 0 Å². The number of carbonyl (C=O) groups excluding carboxylic acids is 1. The molecule has 19 heavy (non-hydrogen) atoms. The summed E-state index contributed by atoms with van der Waals surface area (Å²) in [4.78, 5) is 16.2. The lowest BCUT2D eigenvalue weighted by Gasteiger charge is -2.07. The number of aromatic nitrogens is 1. The summed E-state index contributed by atoms with van der Waals surface area (Å²) in [6.45, 7) is 3.79. The molecule has 0 aliphatic rings. The van der Waals surface area contributed by atoms with Crippen LogP contribution in [0.5, 0.6) is 5.75 Å². The predicted molar refractivity (Wildman–Crippen MR) is 74.2 cm³/mol. The molecule has 1 aromatic heterocycles. The van der Waals surface area contributed by atoms with Gasteiger partial charge in [-0.2, -0.15) is 0 Å². The van der Waals surface area contributed by atoms with Gasteiger partial charge in [0, 0.05) is 11.3 Å². The maximum absolute atomic E-state index is 12.0. The minimum Gasteiger partial charge on any atom is -0.506 e. The summed E-state index contributed by atoms with van der Waals surface area (Å²) in [5.41, 5.74) is 7.90. The normalized spacial score (nSPS) is 10.2. The Kier molecular flexibility index (Phi) is 3.37. The number of nitrogens with zero attached hydrogens (tertiary/aromatic N) is 1. The largest absolute Gasteiger partial charge is 0.506 e. The molecule has 2 aromatic rings. The molecule has 0 aliphatic heterocycles. The van der Waals surface area contributed by atoms with Crippen LogP contribution in [0.15, 0.2) is 30.3 Å². The predicted octanol–water partition coefficient (Wildman–Crippen LogP) is 2.24. The highest BCUT2D eigenvalue weighted by atomic mass is 16.3. The van der Waals surface area contributed by atoms with Gasteiger partial charge in [-0.05, 0) is 49.7 Å². The zero-order valence-corrected chi connectivity index (χ0v) is 10.8. The molecule has 1 heterocycles. The van der Waals surface area contributed by atoms with E-state index in [-0.39, 0.29) is 17.3 Å². The van der Waals surface area contributed by atoms with Gasteiger partial charge in [-0.3, -0.25) is 4.79 Å². The molecule has 4 N–H and O–H groups in total. The average molecular weight is 257 g/mol. The second kappa shape index (κ2) is 4.97. The maximum atomic E-state index is 12.0. The van der Waals surface area contributed by atoms with Crippen molar-refractivity contribution < 1.29 is 9.90 Å². The molecular formula is C14H15N3O2. The number of phenols is 1. The Balaban J connectivity index is 2.22. The second-order valence-corrected chi connectivity index (χ2v) is 4.40. The Morgan fingerprint density at radius 2 is 2.00 bits per heavy atom. The Bertz CT molecular complexity index is 618. The van der Waals surface area contributed by atoms with Crippen molar-refractivity contribution in [3.05, 3.63) is 47.2 Å². The van der Waals surface area contributed by atoms with Crippen LogP contribution in [-0.4, -0.2) is 16.0 Å². The van der Waals surface area contributed by atoms with E-state index in [0.29, 0.717) is 11.4 Å². The third kappa shape index (κ3) is 3.01. The molecule has 0 fully saturated rings. The lowest BCUT2D eigenvalue weighted by molar-refractivity contribution is 0.102. The molecule has 98 valence electrons. The third-order valence-electron chi connectivity index (χ3n) is 2.63. The fraction of sp³-hybridized carbons (Fsp3) is 0.143. The van der Waals surface area contributed by atoms with Gasteiger partial charge in [0.25, 0.3) is 5.91 Å². The van der Waals surface area contributed by atoms with Crippen molar-refractivity contribution >= 4 is 17.4 Å². The molecule has 0 aliphatic carbocycles. The maximum Gasteiger partial charge on any atom is 0.256 e. The number of anilines is 2. The lowest BCUT2D eigenvalue weighted by atomic mass is 10.1. The van der Waals surface area contributed by atoms with Gasteiger partial charge >= 0.3 is 0 Å².